The summed E-state index contributed by atoms with van der Waals surface area (Å²) >= 11 is 3.35. The third kappa shape index (κ3) is 4.04. The Hall–Kier alpha value is -0.430. The van der Waals surface area contributed by atoms with E-state index in [9.17, 15) is 13.5 Å². The predicted molar refractivity (Wildman–Crippen MR) is 82.5 cm³/mol. The van der Waals surface area contributed by atoms with Crippen LogP contribution in [-0.2, 0) is 16.4 Å². The molecule has 1 aliphatic rings. The van der Waals surface area contributed by atoms with Gasteiger partial charge in [0.05, 0.1) is 10.5 Å². The molecule has 1 aromatic carbocycles. The van der Waals surface area contributed by atoms with Gasteiger partial charge in [-0.25, -0.2) is 13.1 Å². The molecule has 0 saturated heterocycles. The lowest BCUT2D eigenvalue weighted by Gasteiger charge is -2.22. The molecule has 1 aromatic rings. The van der Waals surface area contributed by atoms with Gasteiger partial charge in [0.15, 0.2) is 0 Å². The average Bonchev–Trinajstić information content (AvgIpc) is 2.85. The zero-order chi connectivity index (χ0) is 14.6. The Kier molecular flexibility index (Phi) is 5.23. The summed E-state index contributed by atoms with van der Waals surface area (Å²) in [4.78, 5) is 0.248. The molecule has 112 valence electrons. The van der Waals surface area contributed by atoms with Crippen LogP contribution in [0.2, 0.25) is 0 Å². The number of benzene rings is 1. The summed E-state index contributed by atoms with van der Waals surface area (Å²) < 4.78 is 26.9. The quantitative estimate of drug-likeness (QED) is 0.763. The molecule has 1 aliphatic carbocycles. The van der Waals surface area contributed by atoms with Crippen molar-refractivity contribution >= 4 is 26.0 Å². The van der Waals surface area contributed by atoms with Gasteiger partial charge in [-0.2, -0.15) is 0 Å². The van der Waals surface area contributed by atoms with Gasteiger partial charge >= 0.3 is 0 Å². The number of halogens is 1. The summed E-state index contributed by atoms with van der Waals surface area (Å²) in [6, 6.07) is 6.86. The smallest absolute Gasteiger partial charge is 0.240 e. The molecule has 1 saturated carbocycles. The number of hydrogen-bond acceptors (Lipinski definition) is 3. The van der Waals surface area contributed by atoms with Crippen molar-refractivity contribution in [2.24, 2.45) is 0 Å². The Balaban J connectivity index is 2.02. The molecular formula is C14H20BrNO3S. The number of aryl methyl sites for hydroxylation is 1. The lowest BCUT2D eigenvalue weighted by Crippen LogP contribution is -2.40. The van der Waals surface area contributed by atoms with Crippen LogP contribution >= 0.6 is 15.9 Å². The first-order valence-electron chi connectivity index (χ1n) is 6.82. The molecule has 0 amide bonds. The second-order valence-corrected chi connectivity index (χ2v) is 7.90. The van der Waals surface area contributed by atoms with E-state index in [2.05, 4.69) is 20.7 Å². The second kappa shape index (κ2) is 6.56. The van der Waals surface area contributed by atoms with E-state index >= 15 is 0 Å². The maximum Gasteiger partial charge on any atom is 0.240 e. The minimum atomic E-state index is -3.54. The molecule has 0 radical (unpaired) electrons. The van der Waals surface area contributed by atoms with Crippen LogP contribution in [-0.4, -0.2) is 31.0 Å². The standard InChI is InChI=1S/C14H20BrNO3S/c15-10-7-12-3-5-13(6-4-12)20(18,19)16-11-14(17)8-1-2-9-14/h3-6,16-17H,1-2,7-11H2. The van der Waals surface area contributed by atoms with Crippen molar-refractivity contribution < 1.29 is 13.5 Å². The monoisotopic (exact) mass is 361 g/mol. The zero-order valence-electron chi connectivity index (χ0n) is 11.3. The van der Waals surface area contributed by atoms with Gasteiger partial charge in [0.2, 0.25) is 10.0 Å². The number of rotatable bonds is 6. The zero-order valence-corrected chi connectivity index (χ0v) is 13.7. The lowest BCUT2D eigenvalue weighted by atomic mass is 10.0. The maximum atomic E-state index is 12.2. The lowest BCUT2D eigenvalue weighted by molar-refractivity contribution is 0.0532. The molecule has 1 fully saturated rings. The van der Waals surface area contributed by atoms with Crippen LogP contribution in [0.15, 0.2) is 29.2 Å². The second-order valence-electron chi connectivity index (χ2n) is 5.34. The third-order valence-corrected chi connectivity index (χ3v) is 5.56. The summed E-state index contributed by atoms with van der Waals surface area (Å²) in [5, 5.41) is 11.0. The van der Waals surface area contributed by atoms with Crippen molar-refractivity contribution in [3.8, 4) is 0 Å². The molecule has 0 aromatic heterocycles. The molecule has 0 unspecified atom stereocenters. The van der Waals surface area contributed by atoms with Crippen LogP contribution in [0, 0.1) is 0 Å². The summed E-state index contributed by atoms with van der Waals surface area (Å²) in [7, 11) is -3.54. The molecule has 0 atom stereocenters. The Labute approximate surface area is 128 Å². The van der Waals surface area contributed by atoms with Gasteiger partial charge < -0.3 is 5.11 Å². The van der Waals surface area contributed by atoms with Gasteiger partial charge in [0.25, 0.3) is 0 Å². The SMILES string of the molecule is O=S(=O)(NCC1(O)CCCC1)c1ccc(CCBr)cc1. The van der Waals surface area contributed by atoms with Crippen LogP contribution in [0.5, 0.6) is 0 Å². The molecule has 2 N–H and O–H groups in total. The van der Waals surface area contributed by atoms with E-state index in [4.69, 9.17) is 0 Å². The summed E-state index contributed by atoms with van der Waals surface area (Å²) in [5.41, 5.74) is 0.221. The molecule has 20 heavy (non-hydrogen) atoms. The first-order chi connectivity index (χ1) is 9.45. The molecular weight excluding hydrogens is 342 g/mol. The fourth-order valence-electron chi connectivity index (χ4n) is 2.47. The van der Waals surface area contributed by atoms with Crippen LogP contribution in [0.25, 0.3) is 0 Å². The molecule has 0 bridgehead atoms. The van der Waals surface area contributed by atoms with Gasteiger partial charge in [-0.3, -0.25) is 0 Å². The minimum Gasteiger partial charge on any atom is -0.389 e. The van der Waals surface area contributed by atoms with Crippen molar-refractivity contribution in [1.29, 1.82) is 0 Å². The van der Waals surface area contributed by atoms with E-state index < -0.39 is 15.6 Å². The van der Waals surface area contributed by atoms with Gasteiger partial charge in [0.1, 0.15) is 0 Å². The Morgan fingerprint density at radius 1 is 1.20 bits per heavy atom. The minimum absolute atomic E-state index is 0.0957. The highest BCUT2D eigenvalue weighted by Crippen LogP contribution is 2.29. The fourth-order valence-corrected chi connectivity index (χ4v) is 4.04. The molecule has 0 spiro atoms. The predicted octanol–water partition coefficient (Wildman–Crippen LogP) is 2.21. The van der Waals surface area contributed by atoms with Crippen molar-refractivity contribution in [1.82, 2.24) is 4.72 Å². The van der Waals surface area contributed by atoms with Crippen molar-refractivity contribution in [2.75, 3.05) is 11.9 Å². The number of nitrogens with one attached hydrogen (secondary N) is 1. The van der Waals surface area contributed by atoms with Crippen LogP contribution in [0.3, 0.4) is 0 Å². The Morgan fingerprint density at radius 2 is 1.80 bits per heavy atom. The highest BCUT2D eigenvalue weighted by atomic mass is 79.9. The molecule has 6 heteroatoms. The summed E-state index contributed by atoms with van der Waals surface area (Å²) in [5.74, 6) is 0. The van der Waals surface area contributed by atoms with E-state index in [1.165, 1.54) is 0 Å². The van der Waals surface area contributed by atoms with Gasteiger partial charge in [0, 0.05) is 11.9 Å². The van der Waals surface area contributed by atoms with Crippen LogP contribution in [0.1, 0.15) is 31.2 Å². The molecule has 0 heterocycles. The van der Waals surface area contributed by atoms with E-state index in [0.29, 0.717) is 12.8 Å². The maximum absolute atomic E-state index is 12.2. The first-order valence-corrected chi connectivity index (χ1v) is 9.43. The Morgan fingerprint density at radius 3 is 2.35 bits per heavy atom. The fraction of sp³-hybridized carbons (Fsp3) is 0.571. The van der Waals surface area contributed by atoms with E-state index in [1.807, 2.05) is 12.1 Å². The van der Waals surface area contributed by atoms with Crippen LogP contribution in [0.4, 0.5) is 0 Å². The van der Waals surface area contributed by atoms with Crippen molar-refractivity contribution in [2.45, 2.75) is 42.6 Å². The number of aliphatic hydroxyl groups is 1. The summed E-state index contributed by atoms with van der Waals surface area (Å²) in [6.07, 6.45) is 4.12. The van der Waals surface area contributed by atoms with Gasteiger partial charge in [-0.05, 0) is 37.0 Å². The highest BCUT2D eigenvalue weighted by Gasteiger charge is 2.32. The largest absolute Gasteiger partial charge is 0.389 e. The van der Waals surface area contributed by atoms with Crippen molar-refractivity contribution in [3.63, 3.8) is 0 Å². The number of alkyl halides is 1. The summed E-state index contributed by atoms with van der Waals surface area (Å²) in [6.45, 7) is 0.0957. The van der Waals surface area contributed by atoms with Crippen molar-refractivity contribution in [3.05, 3.63) is 29.8 Å². The van der Waals surface area contributed by atoms with Gasteiger partial charge in [-0.1, -0.05) is 40.9 Å². The average molecular weight is 362 g/mol. The normalized spacial score (nSPS) is 18.3. The van der Waals surface area contributed by atoms with Crippen LogP contribution < -0.4 is 4.72 Å². The topological polar surface area (TPSA) is 66.4 Å². The molecule has 2 rings (SSSR count). The highest BCUT2D eigenvalue weighted by molar-refractivity contribution is 9.09. The number of hydrogen-bond donors (Lipinski definition) is 2. The molecule has 4 nitrogen and oxygen atoms in total. The van der Waals surface area contributed by atoms with E-state index in [1.54, 1.807) is 12.1 Å². The molecule has 0 aliphatic heterocycles. The van der Waals surface area contributed by atoms with E-state index in [0.717, 1.165) is 30.2 Å². The van der Waals surface area contributed by atoms with Gasteiger partial charge in [-0.15, -0.1) is 0 Å². The van der Waals surface area contributed by atoms with E-state index in [-0.39, 0.29) is 11.4 Å². The first kappa shape index (κ1) is 15.9. The number of sulfonamides is 1. The Bertz CT molecular complexity index is 536. The third-order valence-electron chi connectivity index (χ3n) is 3.74.